The smallest absolute Gasteiger partial charge is 0.175 e. The standard InChI is InChI=1S/C19H23NO3S/c1-24(22,23)18-9-7-16(8-10-18)19(21)14-20-12-11-17(13-20)15-5-3-2-4-6-15/h2-10,17,19,21H,11-14H2,1H3. The molecule has 0 amide bonds. The van der Waals surface area contributed by atoms with E-state index in [1.54, 1.807) is 24.3 Å². The van der Waals surface area contributed by atoms with Crippen molar-refractivity contribution in [3.63, 3.8) is 0 Å². The molecule has 0 bridgehead atoms. The number of benzene rings is 2. The van der Waals surface area contributed by atoms with Crippen LogP contribution in [-0.2, 0) is 9.84 Å². The second kappa shape index (κ2) is 7.05. The van der Waals surface area contributed by atoms with Crippen LogP contribution in [-0.4, -0.2) is 44.3 Å². The Morgan fingerprint density at radius 2 is 1.79 bits per heavy atom. The summed E-state index contributed by atoms with van der Waals surface area (Å²) in [4.78, 5) is 2.55. The fourth-order valence-electron chi connectivity index (χ4n) is 3.28. The first kappa shape index (κ1) is 17.1. The van der Waals surface area contributed by atoms with Gasteiger partial charge in [0.25, 0.3) is 0 Å². The molecular weight excluding hydrogens is 322 g/mol. The van der Waals surface area contributed by atoms with Gasteiger partial charge in [-0.05, 0) is 42.1 Å². The zero-order valence-electron chi connectivity index (χ0n) is 13.8. The fourth-order valence-corrected chi connectivity index (χ4v) is 3.91. The molecule has 2 aromatic carbocycles. The Hall–Kier alpha value is -1.69. The van der Waals surface area contributed by atoms with E-state index in [0.29, 0.717) is 12.5 Å². The number of aliphatic hydroxyl groups is 1. The van der Waals surface area contributed by atoms with Crippen LogP contribution in [0, 0.1) is 0 Å². The maximum Gasteiger partial charge on any atom is 0.175 e. The van der Waals surface area contributed by atoms with E-state index in [1.807, 2.05) is 6.07 Å². The van der Waals surface area contributed by atoms with Crippen molar-refractivity contribution >= 4 is 9.84 Å². The van der Waals surface area contributed by atoms with Crippen molar-refractivity contribution in [3.05, 3.63) is 65.7 Å². The lowest BCUT2D eigenvalue weighted by atomic mass is 9.99. The van der Waals surface area contributed by atoms with E-state index in [-0.39, 0.29) is 4.90 Å². The zero-order valence-corrected chi connectivity index (χ0v) is 14.6. The Balaban J connectivity index is 1.60. The molecule has 1 aliphatic rings. The van der Waals surface area contributed by atoms with E-state index in [2.05, 4.69) is 29.2 Å². The monoisotopic (exact) mass is 345 g/mol. The molecule has 1 N–H and O–H groups in total. The number of sulfone groups is 1. The Bertz CT molecular complexity index is 772. The number of nitrogens with zero attached hydrogens (tertiary/aromatic N) is 1. The van der Waals surface area contributed by atoms with Crippen LogP contribution >= 0.6 is 0 Å². The van der Waals surface area contributed by atoms with Crippen LogP contribution < -0.4 is 0 Å². The second-order valence-corrected chi connectivity index (χ2v) is 8.53. The van der Waals surface area contributed by atoms with Crippen LogP contribution in [0.4, 0.5) is 0 Å². The molecule has 0 aromatic heterocycles. The van der Waals surface area contributed by atoms with Gasteiger partial charge in [-0.2, -0.15) is 0 Å². The molecule has 2 unspecified atom stereocenters. The van der Waals surface area contributed by atoms with E-state index < -0.39 is 15.9 Å². The summed E-state index contributed by atoms with van der Waals surface area (Å²) in [6.45, 7) is 2.49. The Morgan fingerprint density at radius 3 is 2.42 bits per heavy atom. The average Bonchev–Trinajstić information content (AvgIpc) is 3.03. The summed E-state index contributed by atoms with van der Waals surface area (Å²) < 4.78 is 23.0. The molecule has 0 aliphatic carbocycles. The van der Waals surface area contributed by atoms with Crippen molar-refractivity contribution in [1.29, 1.82) is 0 Å². The first-order chi connectivity index (χ1) is 11.4. The summed E-state index contributed by atoms with van der Waals surface area (Å²) in [6.07, 6.45) is 1.68. The summed E-state index contributed by atoms with van der Waals surface area (Å²) in [5.74, 6) is 0.519. The number of aliphatic hydroxyl groups excluding tert-OH is 1. The van der Waals surface area contributed by atoms with Crippen molar-refractivity contribution in [2.24, 2.45) is 0 Å². The number of rotatable bonds is 5. The molecule has 5 heteroatoms. The van der Waals surface area contributed by atoms with Gasteiger partial charge in [-0.1, -0.05) is 42.5 Å². The van der Waals surface area contributed by atoms with Gasteiger partial charge in [-0.3, -0.25) is 4.90 Å². The summed E-state index contributed by atoms with van der Waals surface area (Å²) in [7, 11) is -3.20. The van der Waals surface area contributed by atoms with Gasteiger partial charge in [0.2, 0.25) is 0 Å². The van der Waals surface area contributed by atoms with Gasteiger partial charge in [-0.25, -0.2) is 8.42 Å². The largest absolute Gasteiger partial charge is 0.387 e. The second-order valence-electron chi connectivity index (χ2n) is 6.51. The molecule has 2 aromatic rings. The first-order valence-electron chi connectivity index (χ1n) is 8.19. The van der Waals surface area contributed by atoms with Crippen LogP contribution in [0.3, 0.4) is 0 Å². The topological polar surface area (TPSA) is 57.6 Å². The molecule has 1 heterocycles. The molecule has 4 nitrogen and oxygen atoms in total. The highest BCUT2D eigenvalue weighted by Crippen LogP contribution is 2.28. The number of hydrogen-bond donors (Lipinski definition) is 1. The SMILES string of the molecule is CS(=O)(=O)c1ccc(C(O)CN2CCC(c3ccccc3)C2)cc1. The van der Waals surface area contributed by atoms with Crippen molar-refractivity contribution < 1.29 is 13.5 Å². The zero-order chi connectivity index (χ0) is 17.2. The third kappa shape index (κ3) is 4.04. The molecule has 3 rings (SSSR count). The highest BCUT2D eigenvalue weighted by atomic mass is 32.2. The van der Waals surface area contributed by atoms with E-state index in [9.17, 15) is 13.5 Å². The summed E-state index contributed by atoms with van der Waals surface area (Å²) >= 11 is 0. The molecule has 0 spiro atoms. The molecule has 1 saturated heterocycles. The Morgan fingerprint density at radius 1 is 1.12 bits per heavy atom. The molecule has 1 aliphatic heterocycles. The van der Waals surface area contributed by atoms with Gasteiger partial charge in [-0.15, -0.1) is 0 Å². The lowest BCUT2D eigenvalue weighted by molar-refractivity contribution is 0.125. The first-order valence-corrected chi connectivity index (χ1v) is 10.1. The average molecular weight is 345 g/mol. The third-order valence-electron chi connectivity index (χ3n) is 4.67. The summed E-state index contributed by atoms with van der Waals surface area (Å²) in [5.41, 5.74) is 2.11. The van der Waals surface area contributed by atoms with Gasteiger partial charge >= 0.3 is 0 Å². The maximum atomic E-state index is 11.5. The molecule has 1 fully saturated rings. The van der Waals surface area contributed by atoms with E-state index in [1.165, 1.54) is 11.8 Å². The molecule has 0 saturated carbocycles. The van der Waals surface area contributed by atoms with Gasteiger partial charge in [0.05, 0.1) is 11.0 Å². The Labute approximate surface area is 143 Å². The minimum atomic E-state index is -3.20. The number of likely N-dealkylation sites (tertiary alicyclic amines) is 1. The highest BCUT2D eigenvalue weighted by molar-refractivity contribution is 7.90. The maximum absolute atomic E-state index is 11.5. The lowest BCUT2D eigenvalue weighted by Gasteiger charge is -2.20. The van der Waals surface area contributed by atoms with Crippen LogP contribution in [0.15, 0.2) is 59.5 Å². The molecule has 2 atom stereocenters. The normalized spacial score (nSPS) is 20.2. The number of hydrogen-bond acceptors (Lipinski definition) is 4. The quantitative estimate of drug-likeness (QED) is 0.905. The van der Waals surface area contributed by atoms with Crippen LogP contribution in [0.5, 0.6) is 0 Å². The Kier molecular flexibility index (Phi) is 5.04. The predicted molar refractivity (Wildman–Crippen MR) is 94.8 cm³/mol. The third-order valence-corrected chi connectivity index (χ3v) is 5.80. The van der Waals surface area contributed by atoms with Gasteiger partial charge in [0, 0.05) is 19.3 Å². The van der Waals surface area contributed by atoms with Crippen molar-refractivity contribution in [2.45, 2.75) is 23.3 Å². The molecular formula is C19H23NO3S. The van der Waals surface area contributed by atoms with E-state index in [0.717, 1.165) is 25.1 Å². The van der Waals surface area contributed by atoms with Crippen LogP contribution in [0.25, 0.3) is 0 Å². The highest BCUT2D eigenvalue weighted by Gasteiger charge is 2.25. The van der Waals surface area contributed by atoms with E-state index >= 15 is 0 Å². The van der Waals surface area contributed by atoms with E-state index in [4.69, 9.17) is 0 Å². The summed E-state index contributed by atoms with van der Waals surface area (Å²) in [6, 6.07) is 17.0. The fraction of sp³-hybridized carbons (Fsp3) is 0.368. The van der Waals surface area contributed by atoms with Crippen molar-refractivity contribution in [1.82, 2.24) is 4.90 Å². The minimum absolute atomic E-state index is 0.281. The number of β-amino-alcohol motifs (C(OH)–C–C–N with tert-alkyl or cyclic N) is 1. The molecule has 128 valence electrons. The lowest BCUT2D eigenvalue weighted by Crippen LogP contribution is -2.26. The predicted octanol–water partition coefficient (Wildman–Crippen LogP) is 2.61. The van der Waals surface area contributed by atoms with Crippen molar-refractivity contribution in [2.75, 3.05) is 25.9 Å². The van der Waals surface area contributed by atoms with Gasteiger partial charge in [0.15, 0.2) is 9.84 Å². The van der Waals surface area contributed by atoms with Crippen LogP contribution in [0.2, 0.25) is 0 Å². The van der Waals surface area contributed by atoms with Crippen LogP contribution in [0.1, 0.15) is 29.6 Å². The molecule has 24 heavy (non-hydrogen) atoms. The molecule has 0 radical (unpaired) electrons. The van der Waals surface area contributed by atoms with Gasteiger partial charge in [0.1, 0.15) is 0 Å². The summed E-state index contributed by atoms with van der Waals surface area (Å²) in [5, 5.41) is 10.4. The van der Waals surface area contributed by atoms with Crippen molar-refractivity contribution in [3.8, 4) is 0 Å². The van der Waals surface area contributed by atoms with Gasteiger partial charge < -0.3 is 5.11 Å². The minimum Gasteiger partial charge on any atom is -0.387 e.